The Morgan fingerprint density at radius 1 is 1.30 bits per heavy atom. The van der Waals surface area contributed by atoms with Gasteiger partial charge in [-0.2, -0.15) is 0 Å². The van der Waals surface area contributed by atoms with Crippen LogP contribution in [0.2, 0.25) is 0 Å². The number of likely N-dealkylation sites (N-methyl/N-ethyl adjacent to an activating group) is 1. The molecule has 1 aliphatic rings. The molecule has 0 unspecified atom stereocenters. The van der Waals surface area contributed by atoms with Gasteiger partial charge in [-0.3, -0.25) is 9.59 Å². The third-order valence-corrected chi connectivity index (χ3v) is 4.55. The first kappa shape index (κ1) is 18.7. The van der Waals surface area contributed by atoms with Gasteiger partial charge in [-0.15, -0.1) is 10.2 Å². The molecule has 1 atom stereocenters. The third kappa shape index (κ3) is 4.36. The van der Waals surface area contributed by atoms with E-state index in [9.17, 15) is 9.59 Å². The highest BCUT2D eigenvalue weighted by Gasteiger charge is 2.27. The number of hydrogen-bond donors (Lipinski definition) is 1. The van der Waals surface area contributed by atoms with Gasteiger partial charge in [0.25, 0.3) is 5.91 Å². The molecular formula is C18H24N6O3. The normalized spacial score (nSPS) is 15.7. The summed E-state index contributed by atoms with van der Waals surface area (Å²) in [5, 5.41) is 10.3. The number of benzene rings is 1. The van der Waals surface area contributed by atoms with Crippen LogP contribution in [0.4, 0.5) is 5.69 Å². The summed E-state index contributed by atoms with van der Waals surface area (Å²) in [5.41, 5.74) is 1.41. The second-order valence-electron chi connectivity index (χ2n) is 6.71. The molecule has 1 aromatic heterocycles. The Morgan fingerprint density at radius 2 is 2.04 bits per heavy atom. The van der Waals surface area contributed by atoms with Crippen LogP contribution < -0.4 is 15.0 Å². The summed E-state index contributed by atoms with van der Waals surface area (Å²) in [4.78, 5) is 28.0. The minimum absolute atomic E-state index is 0.0486. The van der Waals surface area contributed by atoms with Crippen LogP contribution in [0.5, 0.6) is 5.75 Å². The molecule has 2 aromatic rings. The van der Waals surface area contributed by atoms with E-state index in [1.54, 1.807) is 43.4 Å². The van der Waals surface area contributed by atoms with Crippen LogP contribution in [0.1, 0.15) is 16.8 Å². The van der Waals surface area contributed by atoms with E-state index in [4.69, 9.17) is 4.74 Å². The van der Waals surface area contributed by atoms with Gasteiger partial charge in [-0.1, -0.05) is 0 Å². The maximum absolute atomic E-state index is 12.3. The number of hydrogen-bond acceptors (Lipinski definition) is 6. The van der Waals surface area contributed by atoms with E-state index in [0.29, 0.717) is 31.7 Å². The highest BCUT2D eigenvalue weighted by Crippen LogP contribution is 2.34. The quantitative estimate of drug-likeness (QED) is 0.788. The van der Waals surface area contributed by atoms with Gasteiger partial charge in [0.2, 0.25) is 5.91 Å². The fourth-order valence-electron chi connectivity index (χ4n) is 2.94. The van der Waals surface area contributed by atoms with Crippen LogP contribution in [0.15, 0.2) is 30.9 Å². The van der Waals surface area contributed by atoms with Gasteiger partial charge in [-0.05, 0) is 18.2 Å². The van der Waals surface area contributed by atoms with Crippen molar-refractivity contribution in [3.05, 3.63) is 36.4 Å². The molecule has 1 N–H and O–H groups in total. The lowest BCUT2D eigenvalue weighted by Gasteiger charge is -2.35. The first-order chi connectivity index (χ1) is 13.0. The summed E-state index contributed by atoms with van der Waals surface area (Å²) in [5.74, 6) is 0.602. The average molecular weight is 372 g/mol. The lowest BCUT2D eigenvalue weighted by Crippen LogP contribution is -2.44. The molecule has 2 heterocycles. The van der Waals surface area contributed by atoms with Crippen molar-refractivity contribution in [1.29, 1.82) is 0 Å². The summed E-state index contributed by atoms with van der Waals surface area (Å²) in [7, 11) is 5.35. The minimum Gasteiger partial charge on any atom is -0.489 e. The van der Waals surface area contributed by atoms with Crippen molar-refractivity contribution in [2.24, 2.45) is 0 Å². The fraction of sp³-hybridized carbons (Fsp3) is 0.444. The maximum Gasteiger partial charge on any atom is 0.253 e. The van der Waals surface area contributed by atoms with Gasteiger partial charge >= 0.3 is 0 Å². The Labute approximate surface area is 157 Å². The van der Waals surface area contributed by atoms with Gasteiger partial charge in [-0.25, -0.2) is 0 Å². The Kier molecular flexibility index (Phi) is 5.58. The number of fused-ring (bicyclic) bond motifs is 1. The van der Waals surface area contributed by atoms with Crippen molar-refractivity contribution in [3.63, 3.8) is 0 Å². The van der Waals surface area contributed by atoms with Gasteiger partial charge in [0.15, 0.2) is 0 Å². The lowest BCUT2D eigenvalue weighted by atomic mass is 10.1. The number of carbonyl (C=O) groups excluding carboxylic acids is 2. The molecule has 1 aliphatic heterocycles. The van der Waals surface area contributed by atoms with E-state index in [1.807, 2.05) is 18.0 Å². The standard InChI is InChI=1S/C18H24N6O3/c1-22(2)18(26)13-4-5-16-15(8-13)23(3)14(10-27-16)9-17(25)19-6-7-24-11-20-21-12-24/h4-5,8,11-12,14H,6-7,9-10H2,1-3H3,(H,19,25)/t14-/m0/s1. The molecule has 0 bridgehead atoms. The zero-order valence-corrected chi connectivity index (χ0v) is 15.8. The summed E-state index contributed by atoms with van der Waals surface area (Å²) < 4.78 is 7.60. The van der Waals surface area contributed by atoms with E-state index >= 15 is 0 Å². The zero-order chi connectivity index (χ0) is 19.4. The summed E-state index contributed by atoms with van der Waals surface area (Å²) >= 11 is 0. The lowest BCUT2D eigenvalue weighted by molar-refractivity contribution is -0.121. The van der Waals surface area contributed by atoms with Gasteiger partial charge in [0, 0.05) is 39.8 Å². The number of amides is 2. The predicted octanol–water partition coefficient (Wildman–Crippen LogP) is 0.384. The van der Waals surface area contributed by atoms with Crippen molar-refractivity contribution in [2.45, 2.75) is 19.0 Å². The molecule has 2 amide bonds. The van der Waals surface area contributed by atoms with Gasteiger partial charge in [0.05, 0.1) is 18.2 Å². The van der Waals surface area contributed by atoms with E-state index in [0.717, 1.165) is 11.4 Å². The van der Waals surface area contributed by atoms with Crippen molar-refractivity contribution in [1.82, 2.24) is 25.0 Å². The summed E-state index contributed by atoms with van der Waals surface area (Å²) in [6.07, 6.45) is 3.53. The third-order valence-electron chi connectivity index (χ3n) is 4.55. The zero-order valence-electron chi connectivity index (χ0n) is 15.8. The first-order valence-electron chi connectivity index (χ1n) is 8.76. The number of carbonyl (C=O) groups is 2. The Morgan fingerprint density at radius 3 is 2.74 bits per heavy atom. The Balaban J connectivity index is 1.60. The molecule has 27 heavy (non-hydrogen) atoms. The molecule has 9 nitrogen and oxygen atoms in total. The second-order valence-corrected chi connectivity index (χ2v) is 6.71. The summed E-state index contributed by atoms with van der Waals surface area (Å²) in [6.45, 7) is 1.55. The van der Waals surface area contributed by atoms with Crippen LogP contribution in [0, 0.1) is 0 Å². The average Bonchev–Trinajstić information content (AvgIpc) is 3.16. The molecule has 0 fully saturated rings. The highest BCUT2D eigenvalue weighted by molar-refractivity contribution is 5.95. The maximum atomic E-state index is 12.3. The largest absolute Gasteiger partial charge is 0.489 e. The molecule has 3 rings (SSSR count). The van der Waals surface area contributed by atoms with Crippen LogP contribution in [-0.4, -0.2) is 71.8 Å². The summed E-state index contributed by atoms with van der Waals surface area (Å²) in [6, 6.07) is 5.27. The number of ether oxygens (including phenoxy) is 1. The molecule has 0 spiro atoms. The first-order valence-corrected chi connectivity index (χ1v) is 8.76. The molecule has 1 aromatic carbocycles. The number of nitrogens with zero attached hydrogens (tertiary/aromatic N) is 5. The van der Waals surface area contributed by atoms with E-state index < -0.39 is 0 Å². The van der Waals surface area contributed by atoms with E-state index in [1.165, 1.54) is 4.90 Å². The molecule has 0 aliphatic carbocycles. The molecule has 0 radical (unpaired) electrons. The number of anilines is 1. The highest BCUT2D eigenvalue weighted by atomic mass is 16.5. The van der Waals surface area contributed by atoms with Crippen molar-refractivity contribution in [3.8, 4) is 5.75 Å². The van der Waals surface area contributed by atoms with Crippen molar-refractivity contribution >= 4 is 17.5 Å². The number of nitrogens with one attached hydrogen (secondary N) is 1. The van der Waals surface area contributed by atoms with Crippen LogP contribution in [0.3, 0.4) is 0 Å². The van der Waals surface area contributed by atoms with E-state index in [2.05, 4.69) is 15.5 Å². The molecule has 9 heteroatoms. The molecule has 0 saturated carbocycles. The minimum atomic E-state index is -0.0999. The van der Waals surface area contributed by atoms with Crippen LogP contribution in [-0.2, 0) is 11.3 Å². The van der Waals surface area contributed by atoms with Crippen LogP contribution in [0.25, 0.3) is 0 Å². The smallest absolute Gasteiger partial charge is 0.253 e. The molecule has 0 saturated heterocycles. The predicted molar refractivity (Wildman–Crippen MR) is 99.8 cm³/mol. The molecular weight excluding hydrogens is 348 g/mol. The van der Waals surface area contributed by atoms with Crippen LogP contribution >= 0.6 is 0 Å². The van der Waals surface area contributed by atoms with E-state index in [-0.39, 0.29) is 17.9 Å². The molecule has 144 valence electrons. The van der Waals surface area contributed by atoms with Gasteiger partial charge in [0.1, 0.15) is 25.0 Å². The van der Waals surface area contributed by atoms with Gasteiger partial charge < -0.3 is 24.4 Å². The SMILES string of the molecule is CN(C)C(=O)c1ccc2c(c1)N(C)[C@@H](CC(=O)NCCn1cnnc1)CO2. The fourth-order valence-corrected chi connectivity index (χ4v) is 2.94. The second kappa shape index (κ2) is 8.07. The Hall–Kier alpha value is -3.10. The topological polar surface area (TPSA) is 92.6 Å². The van der Waals surface area contributed by atoms with Crippen molar-refractivity contribution in [2.75, 3.05) is 39.2 Å². The monoisotopic (exact) mass is 372 g/mol. The van der Waals surface area contributed by atoms with Crippen molar-refractivity contribution < 1.29 is 14.3 Å². The number of rotatable bonds is 6. The Bertz CT molecular complexity index is 805. The number of aromatic nitrogens is 3.